The zero-order valence-electron chi connectivity index (χ0n) is 19.6. The van der Waals surface area contributed by atoms with Gasteiger partial charge in [0.05, 0.1) is 7.11 Å². The highest BCUT2D eigenvalue weighted by molar-refractivity contribution is 5.82. The highest BCUT2D eigenvalue weighted by Gasteiger charge is 2.29. The Kier molecular flexibility index (Phi) is 5.99. The van der Waals surface area contributed by atoms with Crippen LogP contribution in [0.3, 0.4) is 0 Å². The van der Waals surface area contributed by atoms with Crippen LogP contribution in [0.15, 0.2) is 72.0 Å². The van der Waals surface area contributed by atoms with Crippen molar-refractivity contribution in [1.29, 1.82) is 0 Å². The molecule has 0 bridgehead atoms. The smallest absolute Gasteiger partial charge is 0.137 e. The quantitative estimate of drug-likeness (QED) is 0.521. The van der Waals surface area contributed by atoms with Crippen molar-refractivity contribution in [2.75, 3.05) is 7.11 Å². The summed E-state index contributed by atoms with van der Waals surface area (Å²) < 4.78 is 12.0. The Labute approximate surface area is 181 Å². The van der Waals surface area contributed by atoms with Crippen LogP contribution in [0, 0.1) is 17.8 Å². The third kappa shape index (κ3) is 4.87. The minimum atomic E-state index is -0.130. The Hall–Kier alpha value is -2.74. The Balaban J connectivity index is 2.27. The standard InChI is InChI=1S/C28H34O2/c1-19-9-11-21(12-10-19)26-24(27(2,3)4)17-22(18-25(30-26)28(5,6)7)20-13-15-23(29-8)16-14-20/h9-18H,1-8H3. The summed E-state index contributed by atoms with van der Waals surface area (Å²) in [5.41, 5.74) is 5.61. The van der Waals surface area contributed by atoms with Gasteiger partial charge in [0.15, 0.2) is 0 Å². The molecule has 0 unspecified atom stereocenters. The predicted octanol–water partition coefficient (Wildman–Crippen LogP) is 7.80. The second kappa shape index (κ2) is 8.18. The normalized spacial score (nSPS) is 15.2. The van der Waals surface area contributed by atoms with Crippen LogP contribution in [0.4, 0.5) is 0 Å². The fourth-order valence-corrected chi connectivity index (χ4v) is 3.39. The van der Waals surface area contributed by atoms with E-state index in [1.807, 2.05) is 12.1 Å². The lowest BCUT2D eigenvalue weighted by Gasteiger charge is -2.28. The Morgan fingerprint density at radius 2 is 1.27 bits per heavy atom. The molecule has 0 aliphatic carbocycles. The van der Waals surface area contributed by atoms with Crippen LogP contribution >= 0.6 is 0 Å². The van der Waals surface area contributed by atoms with Crippen molar-refractivity contribution in [3.63, 3.8) is 0 Å². The number of benzene rings is 2. The van der Waals surface area contributed by atoms with Gasteiger partial charge in [0.25, 0.3) is 0 Å². The van der Waals surface area contributed by atoms with Crippen LogP contribution < -0.4 is 4.74 Å². The summed E-state index contributed by atoms with van der Waals surface area (Å²) in [6, 6.07) is 16.8. The molecule has 0 fully saturated rings. The minimum absolute atomic E-state index is 0.0842. The Morgan fingerprint density at radius 3 is 1.77 bits per heavy atom. The van der Waals surface area contributed by atoms with Crippen molar-refractivity contribution < 1.29 is 9.47 Å². The summed E-state index contributed by atoms with van der Waals surface area (Å²) in [6.45, 7) is 15.4. The molecule has 0 amide bonds. The van der Waals surface area contributed by atoms with Crippen molar-refractivity contribution in [2.24, 2.45) is 10.8 Å². The van der Waals surface area contributed by atoms with Crippen LogP contribution in [0.2, 0.25) is 0 Å². The van der Waals surface area contributed by atoms with E-state index in [9.17, 15) is 0 Å². The Bertz CT molecular complexity index is 987. The third-order valence-electron chi connectivity index (χ3n) is 5.33. The molecule has 0 spiro atoms. The molecular formula is C28H34O2. The van der Waals surface area contributed by atoms with Gasteiger partial charge in [0.1, 0.15) is 17.3 Å². The van der Waals surface area contributed by atoms with Crippen molar-refractivity contribution in [1.82, 2.24) is 0 Å². The maximum Gasteiger partial charge on any atom is 0.137 e. The van der Waals surface area contributed by atoms with Gasteiger partial charge in [-0.15, -0.1) is 0 Å². The van der Waals surface area contributed by atoms with Crippen LogP contribution in [-0.4, -0.2) is 7.11 Å². The molecule has 0 N–H and O–H groups in total. The first-order valence-corrected chi connectivity index (χ1v) is 10.6. The molecule has 0 radical (unpaired) electrons. The topological polar surface area (TPSA) is 18.5 Å². The lowest BCUT2D eigenvalue weighted by Crippen LogP contribution is -2.15. The maximum absolute atomic E-state index is 6.70. The molecule has 0 aromatic heterocycles. The predicted molar refractivity (Wildman–Crippen MR) is 127 cm³/mol. The van der Waals surface area contributed by atoms with Gasteiger partial charge in [-0.25, -0.2) is 0 Å². The molecular weight excluding hydrogens is 368 g/mol. The summed E-state index contributed by atoms with van der Waals surface area (Å²) >= 11 is 0. The number of hydrogen-bond acceptors (Lipinski definition) is 2. The molecule has 0 saturated heterocycles. The average molecular weight is 403 g/mol. The van der Waals surface area contributed by atoms with E-state index in [1.165, 1.54) is 11.1 Å². The van der Waals surface area contributed by atoms with E-state index in [4.69, 9.17) is 9.47 Å². The van der Waals surface area contributed by atoms with E-state index >= 15 is 0 Å². The molecule has 0 saturated carbocycles. The first-order valence-electron chi connectivity index (χ1n) is 10.6. The molecule has 1 heterocycles. The number of aryl methyl sites for hydroxylation is 1. The number of hydrogen-bond donors (Lipinski definition) is 0. The molecule has 1 aliphatic heterocycles. The fourth-order valence-electron chi connectivity index (χ4n) is 3.39. The molecule has 2 heteroatoms. The summed E-state index contributed by atoms with van der Waals surface area (Å²) in [7, 11) is 1.69. The molecule has 158 valence electrons. The van der Waals surface area contributed by atoms with Gasteiger partial charge in [0, 0.05) is 16.6 Å². The first kappa shape index (κ1) is 22.0. The summed E-state index contributed by atoms with van der Waals surface area (Å²) in [6.07, 6.45) is 4.48. The van der Waals surface area contributed by atoms with E-state index < -0.39 is 0 Å². The van der Waals surface area contributed by atoms with Crippen molar-refractivity contribution in [2.45, 2.75) is 48.5 Å². The molecule has 3 rings (SSSR count). The van der Waals surface area contributed by atoms with Gasteiger partial charge in [-0.1, -0.05) is 83.5 Å². The van der Waals surface area contributed by atoms with E-state index in [1.54, 1.807) is 7.11 Å². The summed E-state index contributed by atoms with van der Waals surface area (Å²) in [4.78, 5) is 0. The average Bonchev–Trinajstić information content (AvgIpc) is 2.89. The van der Waals surface area contributed by atoms with E-state index in [0.29, 0.717) is 0 Å². The third-order valence-corrected chi connectivity index (χ3v) is 5.33. The van der Waals surface area contributed by atoms with Crippen molar-refractivity contribution >= 4 is 11.3 Å². The fraction of sp³-hybridized carbons (Fsp3) is 0.357. The monoisotopic (exact) mass is 402 g/mol. The van der Waals surface area contributed by atoms with E-state index in [2.05, 4.69) is 97.0 Å². The van der Waals surface area contributed by atoms with Crippen LogP contribution in [0.1, 0.15) is 58.2 Å². The van der Waals surface area contributed by atoms with Crippen molar-refractivity contribution in [3.8, 4) is 5.75 Å². The van der Waals surface area contributed by atoms with E-state index in [-0.39, 0.29) is 10.8 Å². The highest BCUT2D eigenvalue weighted by Crippen LogP contribution is 2.43. The summed E-state index contributed by atoms with van der Waals surface area (Å²) in [5.74, 6) is 2.75. The SMILES string of the molecule is COc1ccc(C2=CC(C(C)(C)C)=C(c3ccc(C)cc3)OC(C(C)(C)C)=C2)cc1. The van der Waals surface area contributed by atoms with Gasteiger partial charge >= 0.3 is 0 Å². The number of rotatable bonds is 3. The second-order valence-corrected chi connectivity index (χ2v) is 10.0. The summed E-state index contributed by atoms with van der Waals surface area (Å²) in [5, 5.41) is 0. The molecule has 30 heavy (non-hydrogen) atoms. The number of allylic oxidation sites excluding steroid dienone is 5. The van der Waals surface area contributed by atoms with Crippen LogP contribution in [0.5, 0.6) is 5.75 Å². The first-order chi connectivity index (χ1) is 14.0. The molecule has 1 aliphatic rings. The molecule has 2 aromatic carbocycles. The number of ether oxygens (including phenoxy) is 2. The Morgan fingerprint density at radius 1 is 0.700 bits per heavy atom. The van der Waals surface area contributed by atoms with Gasteiger partial charge in [0.2, 0.25) is 0 Å². The van der Waals surface area contributed by atoms with Gasteiger partial charge < -0.3 is 9.47 Å². The van der Waals surface area contributed by atoms with Gasteiger partial charge in [-0.2, -0.15) is 0 Å². The molecule has 2 aromatic rings. The van der Waals surface area contributed by atoms with Gasteiger partial charge in [-0.05, 0) is 47.8 Å². The lowest BCUT2D eigenvalue weighted by molar-refractivity contribution is 0.262. The maximum atomic E-state index is 6.70. The van der Waals surface area contributed by atoms with Crippen molar-refractivity contribution in [3.05, 3.63) is 88.7 Å². The van der Waals surface area contributed by atoms with Crippen LogP contribution in [-0.2, 0) is 4.74 Å². The zero-order valence-corrected chi connectivity index (χ0v) is 19.6. The van der Waals surface area contributed by atoms with E-state index in [0.717, 1.165) is 34.0 Å². The lowest BCUT2D eigenvalue weighted by atomic mass is 9.82. The number of methoxy groups -OCH3 is 1. The minimum Gasteiger partial charge on any atom is -0.497 e. The zero-order chi connectivity index (χ0) is 22.1. The van der Waals surface area contributed by atoms with Crippen LogP contribution in [0.25, 0.3) is 11.3 Å². The largest absolute Gasteiger partial charge is 0.497 e. The van der Waals surface area contributed by atoms with Gasteiger partial charge in [-0.3, -0.25) is 0 Å². The molecule has 0 atom stereocenters. The second-order valence-electron chi connectivity index (χ2n) is 10.0. The molecule has 2 nitrogen and oxygen atoms in total. The highest BCUT2D eigenvalue weighted by atomic mass is 16.5.